The number of nitrogens with one attached hydrogen (secondary N) is 3. The summed E-state index contributed by atoms with van der Waals surface area (Å²) in [6, 6.07) is 23.4. The lowest BCUT2D eigenvalue weighted by atomic mass is 10.0. The van der Waals surface area contributed by atoms with Gasteiger partial charge in [0.1, 0.15) is 0 Å². The minimum atomic E-state index is -3.74. The van der Waals surface area contributed by atoms with Crippen molar-refractivity contribution >= 4 is 33.0 Å². The van der Waals surface area contributed by atoms with Crippen LogP contribution in [0.25, 0.3) is 0 Å². The lowest BCUT2D eigenvalue weighted by molar-refractivity contribution is -0.114. The lowest BCUT2D eigenvalue weighted by Crippen LogP contribution is -2.43. The van der Waals surface area contributed by atoms with Crippen molar-refractivity contribution in [2.24, 2.45) is 0 Å². The molecule has 1 amide bonds. The first-order valence-electron chi connectivity index (χ1n) is 12.0. The van der Waals surface area contributed by atoms with Crippen molar-refractivity contribution in [2.45, 2.75) is 36.8 Å². The number of anilines is 3. The SMILES string of the molecule is CC(=O)Nc1ccc(S(=O)(=O)Nc2ccc(N3CCC(NC[C@@H](O)c4ccccc4)CC3)cc2)cc1. The molecule has 1 aliphatic rings. The lowest BCUT2D eigenvalue weighted by Gasteiger charge is -2.34. The van der Waals surface area contributed by atoms with Crippen molar-refractivity contribution in [1.29, 1.82) is 0 Å². The zero-order chi connectivity index (χ0) is 25.5. The van der Waals surface area contributed by atoms with Crippen LogP contribution in [0.5, 0.6) is 0 Å². The Morgan fingerprint density at radius 1 is 0.944 bits per heavy atom. The molecule has 4 N–H and O–H groups in total. The average Bonchev–Trinajstić information content (AvgIpc) is 2.88. The quantitative estimate of drug-likeness (QED) is 0.351. The summed E-state index contributed by atoms with van der Waals surface area (Å²) >= 11 is 0. The molecule has 4 rings (SSSR count). The summed E-state index contributed by atoms with van der Waals surface area (Å²) in [5, 5.41) is 16.5. The van der Waals surface area contributed by atoms with Crippen LogP contribution >= 0.6 is 0 Å². The normalized spacial score (nSPS) is 15.3. The van der Waals surface area contributed by atoms with E-state index >= 15 is 0 Å². The van der Waals surface area contributed by atoms with Crippen molar-refractivity contribution in [2.75, 3.05) is 34.6 Å². The molecule has 1 heterocycles. The van der Waals surface area contributed by atoms with Crippen LogP contribution in [0, 0.1) is 0 Å². The van der Waals surface area contributed by atoms with E-state index in [-0.39, 0.29) is 10.8 Å². The van der Waals surface area contributed by atoms with Crippen LogP contribution < -0.4 is 20.3 Å². The maximum atomic E-state index is 12.7. The van der Waals surface area contributed by atoms with Gasteiger partial charge in [0.25, 0.3) is 10.0 Å². The van der Waals surface area contributed by atoms with Crippen LogP contribution in [0.15, 0.2) is 83.8 Å². The van der Waals surface area contributed by atoms with E-state index in [9.17, 15) is 18.3 Å². The van der Waals surface area contributed by atoms with Crippen LogP contribution in [0.4, 0.5) is 17.1 Å². The smallest absolute Gasteiger partial charge is 0.261 e. The molecule has 1 fully saturated rings. The van der Waals surface area contributed by atoms with Gasteiger partial charge in [-0.3, -0.25) is 9.52 Å². The second kappa shape index (κ2) is 11.6. The summed E-state index contributed by atoms with van der Waals surface area (Å²) in [5.41, 5.74) is 2.98. The summed E-state index contributed by atoms with van der Waals surface area (Å²) in [7, 11) is -3.74. The van der Waals surface area contributed by atoms with Gasteiger partial charge in [-0.2, -0.15) is 0 Å². The molecule has 1 atom stereocenters. The second-order valence-corrected chi connectivity index (χ2v) is 10.6. The molecule has 0 bridgehead atoms. The van der Waals surface area contributed by atoms with E-state index in [1.807, 2.05) is 42.5 Å². The summed E-state index contributed by atoms with van der Waals surface area (Å²) in [4.78, 5) is 13.5. The first kappa shape index (κ1) is 25.7. The van der Waals surface area contributed by atoms with Gasteiger partial charge >= 0.3 is 0 Å². The molecule has 1 aliphatic heterocycles. The van der Waals surface area contributed by atoms with Gasteiger partial charge in [0.2, 0.25) is 5.91 Å². The third-order valence-corrected chi connectivity index (χ3v) is 7.65. The Hall–Kier alpha value is -3.40. The Bertz CT molecular complexity index is 1240. The van der Waals surface area contributed by atoms with Crippen LogP contribution in [-0.2, 0) is 14.8 Å². The standard InChI is InChI=1S/C27H32N4O4S/c1-20(32)29-23-9-13-26(14-10-23)36(34,35)30-24-7-11-25(12-8-24)31-17-15-22(16-18-31)28-19-27(33)21-5-3-2-4-6-21/h2-14,22,27-28,30,33H,15-19H2,1H3,(H,29,32)/t27-/m1/s1. The Kier molecular flexibility index (Phi) is 8.25. The second-order valence-electron chi connectivity index (χ2n) is 8.95. The number of carbonyl (C=O) groups excluding carboxylic acids is 1. The molecule has 0 aliphatic carbocycles. The number of piperidine rings is 1. The molecule has 0 spiro atoms. The summed E-state index contributed by atoms with van der Waals surface area (Å²) in [6.45, 7) is 3.68. The summed E-state index contributed by atoms with van der Waals surface area (Å²) in [5.74, 6) is -0.217. The number of benzene rings is 3. The van der Waals surface area contributed by atoms with Gasteiger partial charge in [-0.05, 0) is 66.9 Å². The van der Waals surface area contributed by atoms with Crippen LogP contribution in [0.2, 0.25) is 0 Å². The molecule has 0 radical (unpaired) electrons. The van der Waals surface area contributed by atoms with E-state index < -0.39 is 16.1 Å². The number of hydrogen-bond donors (Lipinski definition) is 4. The van der Waals surface area contributed by atoms with Crippen molar-refractivity contribution in [3.63, 3.8) is 0 Å². The highest BCUT2D eigenvalue weighted by molar-refractivity contribution is 7.92. The number of rotatable bonds is 9. The van der Waals surface area contributed by atoms with E-state index in [1.54, 1.807) is 24.3 Å². The van der Waals surface area contributed by atoms with E-state index in [0.717, 1.165) is 37.2 Å². The van der Waals surface area contributed by atoms with Gasteiger partial charge in [0.15, 0.2) is 0 Å². The van der Waals surface area contributed by atoms with E-state index in [1.165, 1.54) is 19.1 Å². The number of aliphatic hydroxyl groups is 1. The van der Waals surface area contributed by atoms with Gasteiger partial charge in [-0.1, -0.05) is 30.3 Å². The van der Waals surface area contributed by atoms with Crippen molar-refractivity contribution < 1.29 is 18.3 Å². The maximum absolute atomic E-state index is 12.7. The molecule has 190 valence electrons. The molecule has 8 nitrogen and oxygen atoms in total. The summed E-state index contributed by atoms with van der Waals surface area (Å²) < 4.78 is 28.1. The van der Waals surface area contributed by atoms with Gasteiger partial charge in [-0.15, -0.1) is 0 Å². The Morgan fingerprint density at radius 3 is 2.17 bits per heavy atom. The van der Waals surface area contributed by atoms with Gasteiger partial charge in [0.05, 0.1) is 11.0 Å². The maximum Gasteiger partial charge on any atom is 0.261 e. The number of amides is 1. The predicted octanol–water partition coefficient (Wildman–Crippen LogP) is 3.74. The number of hydrogen-bond acceptors (Lipinski definition) is 6. The minimum Gasteiger partial charge on any atom is -0.387 e. The highest BCUT2D eigenvalue weighted by atomic mass is 32.2. The molecule has 36 heavy (non-hydrogen) atoms. The Balaban J connectivity index is 1.27. The average molecular weight is 509 g/mol. The molecule has 0 aromatic heterocycles. The zero-order valence-corrected chi connectivity index (χ0v) is 21.0. The van der Waals surface area contributed by atoms with Gasteiger partial charge in [0, 0.05) is 49.7 Å². The van der Waals surface area contributed by atoms with Crippen molar-refractivity contribution in [3.8, 4) is 0 Å². The van der Waals surface area contributed by atoms with E-state index in [0.29, 0.717) is 24.0 Å². The monoisotopic (exact) mass is 508 g/mol. The first-order valence-corrected chi connectivity index (χ1v) is 13.5. The largest absolute Gasteiger partial charge is 0.387 e. The van der Waals surface area contributed by atoms with Crippen molar-refractivity contribution in [1.82, 2.24) is 5.32 Å². The van der Waals surface area contributed by atoms with Crippen LogP contribution in [0.3, 0.4) is 0 Å². The van der Waals surface area contributed by atoms with Gasteiger partial charge in [-0.25, -0.2) is 8.42 Å². The number of carbonyl (C=O) groups is 1. The topological polar surface area (TPSA) is 111 Å². The molecule has 0 saturated carbocycles. The summed E-state index contributed by atoms with van der Waals surface area (Å²) in [6.07, 6.45) is 1.41. The highest BCUT2D eigenvalue weighted by Crippen LogP contribution is 2.24. The van der Waals surface area contributed by atoms with E-state index in [4.69, 9.17) is 0 Å². The fraction of sp³-hybridized carbons (Fsp3) is 0.296. The number of aliphatic hydroxyl groups excluding tert-OH is 1. The van der Waals surface area contributed by atoms with E-state index in [2.05, 4.69) is 20.3 Å². The third-order valence-electron chi connectivity index (χ3n) is 6.25. The number of sulfonamides is 1. The zero-order valence-electron chi connectivity index (χ0n) is 20.2. The fourth-order valence-electron chi connectivity index (χ4n) is 4.29. The first-order chi connectivity index (χ1) is 17.3. The van der Waals surface area contributed by atoms with Crippen LogP contribution in [-0.4, -0.2) is 45.1 Å². The van der Waals surface area contributed by atoms with Crippen LogP contribution in [0.1, 0.15) is 31.4 Å². The molecule has 1 saturated heterocycles. The molecule has 0 unspecified atom stereocenters. The van der Waals surface area contributed by atoms with Crippen molar-refractivity contribution in [3.05, 3.63) is 84.4 Å². The molecule has 9 heteroatoms. The minimum absolute atomic E-state index is 0.118. The Morgan fingerprint density at radius 2 is 1.56 bits per heavy atom. The predicted molar refractivity (Wildman–Crippen MR) is 143 cm³/mol. The third kappa shape index (κ3) is 6.84. The molecular formula is C27H32N4O4S. The highest BCUT2D eigenvalue weighted by Gasteiger charge is 2.21. The van der Waals surface area contributed by atoms with Gasteiger partial charge < -0.3 is 20.6 Å². The molecule has 3 aromatic carbocycles. The number of nitrogens with zero attached hydrogens (tertiary/aromatic N) is 1. The molecule has 3 aromatic rings. The molecular weight excluding hydrogens is 476 g/mol. The fourth-order valence-corrected chi connectivity index (χ4v) is 5.35. The Labute approximate surface area is 212 Å².